The Balaban J connectivity index is 1.74. The molecule has 0 atom stereocenters. The summed E-state index contributed by atoms with van der Waals surface area (Å²) in [5, 5.41) is 5.47. The number of benzene rings is 1. The Hall–Kier alpha value is -2.69. The van der Waals surface area contributed by atoms with Gasteiger partial charge in [0.05, 0.1) is 6.54 Å². The lowest BCUT2D eigenvalue weighted by atomic mass is 10.1. The summed E-state index contributed by atoms with van der Waals surface area (Å²) in [4.78, 5) is 27.7. The predicted molar refractivity (Wildman–Crippen MR) is 90.0 cm³/mol. The van der Waals surface area contributed by atoms with E-state index >= 15 is 0 Å². The van der Waals surface area contributed by atoms with Crippen molar-refractivity contribution in [1.29, 1.82) is 0 Å². The highest BCUT2D eigenvalue weighted by Crippen LogP contribution is 2.14. The summed E-state index contributed by atoms with van der Waals surface area (Å²) in [5.74, 6) is -0.367. The van der Waals surface area contributed by atoms with Crippen molar-refractivity contribution in [2.24, 2.45) is 0 Å². The summed E-state index contributed by atoms with van der Waals surface area (Å²) in [6, 6.07) is 11.4. The number of aromatic nitrogens is 1. The number of hydrogen-bond donors (Lipinski definition) is 2. The molecule has 5 nitrogen and oxygen atoms in total. The van der Waals surface area contributed by atoms with Crippen molar-refractivity contribution in [3.05, 3.63) is 59.9 Å². The summed E-state index contributed by atoms with van der Waals surface area (Å²) in [5.41, 5.74) is 2.87. The molecule has 5 heteroatoms. The third kappa shape index (κ3) is 5.54. The van der Waals surface area contributed by atoms with Crippen molar-refractivity contribution in [2.45, 2.75) is 26.2 Å². The van der Waals surface area contributed by atoms with E-state index in [4.69, 9.17) is 0 Å². The monoisotopic (exact) mass is 311 g/mol. The fraction of sp³-hybridized carbons (Fsp3) is 0.278. The first-order valence-electron chi connectivity index (χ1n) is 7.72. The molecule has 0 bridgehead atoms. The van der Waals surface area contributed by atoms with Crippen LogP contribution in [-0.4, -0.2) is 23.3 Å². The summed E-state index contributed by atoms with van der Waals surface area (Å²) in [6.45, 7) is 2.01. The van der Waals surface area contributed by atoms with Gasteiger partial charge in [0.25, 0.3) is 0 Å². The van der Waals surface area contributed by atoms with Gasteiger partial charge >= 0.3 is 0 Å². The van der Waals surface area contributed by atoms with E-state index in [0.717, 1.165) is 23.2 Å². The average Bonchev–Trinajstić information content (AvgIpc) is 2.59. The van der Waals surface area contributed by atoms with Crippen molar-refractivity contribution < 1.29 is 9.59 Å². The van der Waals surface area contributed by atoms with Gasteiger partial charge in [0.1, 0.15) is 0 Å². The van der Waals surface area contributed by atoms with Gasteiger partial charge in [-0.25, -0.2) is 0 Å². The number of nitrogens with zero attached hydrogens (tertiary/aromatic N) is 1. The van der Waals surface area contributed by atoms with Crippen LogP contribution in [0.2, 0.25) is 0 Å². The lowest BCUT2D eigenvalue weighted by molar-refractivity contribution is -0.124. The van der Waals surface area contributed by atoms with Gasteiger partial charge in [-0.3, -0.25) is 14.6 Å². The lowest BCUT2D eigenvalue weighted by Crippen LogP contribution is -2.33. The Morgan fingerprint density at radius 2 is 1.91 bits per heavy atom. The Morgan fingerprint density at radius 3 is 2.65 bits per heavy atom. The number of amides is 2. The van der Waals surface area contributed by atoms with Crippen LogP contribution in [-0.2, 0) is 22.4 Å². The van der Waals surface area contributed by atoms with E-state index in [2.05, 4.69) is 15.6 Å². The molecule has 0 saturated carbocycles. The van der Waals surface area contributed by atoms with Crippen LogP contribution in [0.3, 0.4) is 0 Å². The van der Waals surface area contributed by atoms with Gasteiger partial charge in [-0.15, -0.1) is 0 Å². The van der Waals surface area contributed by atoms with E-state index in [1.165, 1.54) is 0 Å². The second-order valence-corrected chi connectivity index (χ2v) is 5.20. The summed E-state index contributed by atoms with van der Waals surface area (Å²) >= 11 is 0. The average molecular weight is 311 g/mol. The van der Waals surface area contributed by atoms with Crippen molar-refractivity contribution in [2.75, 3.05) is 11.9 Å². The number of para-hydroxylation sites is 1. The smallest absolute Gasteiger partial charge is 0.243 e. The molecule has 1 aromatic heterocycles. The zero-order valence-corrected chi connectivity index (χ0v) is 13.2. The van der Waals surface area contributed by atoms with E-state index in [1.54, 1.807) is 12.4 Å². The Kier molecular flexibility index (Phi) is 6.29. The Bertz CT molecular complexity index is 656. The van der Waals surface area contributed by atoms with Crippen LogP contribution in [0.5, 0.6) is 0 Å². The zero-order chi connectivity index (χ0) is 16.5. The van der Waals surface area contributed by atoms with Crippen molar-refractivity contribution in [1.82, 2.24) is 10.3 Å². The topological polar surface area (TPSA) is 71.1 Å². The van der Waals surface area contributed by atoms with Crippen LogP contribution >= 0.6 is 0 Å². The standard InChI is InChI=1S/C18H21N3O2/c1-2-15-7-3-4-8-16(15)21-18(23)13-20-17(22)10-9-14-6-5-11-19-12-14/h3-8,11-12H,2,9-10,13H2,1H3,(H,20,22)(H,21,23). The second-order valence-electron chi connectivity index (χ2n) is 5.20. The van der Waals surface area contributed by atoms with Crippen LogP contribution in [0.15, 0.2) is 48.8 Å². The molecule has 23 heavy (non-hydrogen) atoms. The van der Waals surface area contributed by atoms with Gasteiger partial charge in [-0.2, -0.15) is 0 Å². The maximum Gasteiger partial charge on any atom is 0.243 e. The van der Waals surface area contributed by atoms with E-state index in [1.807, 2.05) is 43.3 Å². The Morgan fingerprint density at radius 1 is 1.09 bits per heavy atom. The number of carbonyl (C=O) groups is 2. The molecule has 2 amide bonds. The summed E-state index contributed by atoms with van der Waals surface area (Å²) in [6.07, 6.45) is 5.22. The SMILES string of the molecule is CCc1ccccc1NC(=O)CNC(=O)CCc1cccnc1. The third-order valence-electron chi connectivity index (χ3n) is 3.48. The highest BCUT2D eigenvalue weighted by molar-refractivity contribution is 5.95. The van der Waals surface area contributed by atoms with E-state index < -0.39 is 0 Å². The molecule has 120 valence electrons. The van der Waals surface area contributed by atoms with Crippen LogP contribution in [0.1, 0.15) is 24.5 Å². The minimum atomic E-state index is -0.222. The van der Waals surface area contributed by atoms with Gasteiger partial charge in [-0.1, -0.05) is 31.2 Å². The normalized spacial score (nSPS) is 10.1. The molecule has 0 aliphatic carbocycles. The number of hydrogen-bond acceptors (Lipinski definition) is 3. The van der Waals surface area contributed by atoms with Gasteiger partial charge in [0.2, 0.25) is 11.8 Å². The first-order chi connectivity index (χ1) is 11.2. The molecule has 1 heterocycles. The maximum absolute atomic E-state index is 11.9. The largest absolute Gasteiger partial charge is 0.347 e. The zero-order valence-electron chi connectivity index (χ0n) is 13.2. The molecular formula is C18H21N3O2. The number of pyridine rings is 1. The van der Waals surface area contributed by atoms with Crippen LogP contribution in [0.25, 0.3) is 0 Å². The fourth-order valence-electron chi connectivity index (χ4n) is 2.22. The van der Waals surface area contributed by atoms with E-state index in [0.29, 0.717) is 12.8 Å². The van der Waals surface area contributed by atoms with Gasteiger partial charge < -0.3 is 10.6 Å². The first-order valence-corrected chi connectivity index (χ1v) is 7.72. The molecule has 2 rings (SSSR count). The first kappa shape index (κ1) is 16.7. The van der Waals surface area contributed by atoms with Gasteiger partial charge in [-0.05, 0) is 36.1 Å². The minimum Gasteiger partial charge on any atom is -0.347 e. The molecule has 0 fully saturated rings. The van der Waals surface area contributed by atoms with Crippen molar-refractivity contribution >= 4 is 17.5 Å². The summed E-state index contributed by atoms with van der Waals surface area (Å²) < 4.78 is 0. The minimum absolute atomic E-state index is 0.0239. The maximum atomic E-state index is 11.9. The molecule has 1 aromatic carbocycles. The highest BCUT2D eigenvalue weighted by atomic mass is 16.2. The number of rotatable bonds is 7. The van der Waals surface area contributed by atoms with E-state index in [-0.39, 0.29) is 18.4 Å². The van der Waals surface area contributed by atoms with Gasteiger partial charge in [0, 0.05) is 24.5 Å². The highest BCUT2D eigenvalue weighted by Gasteiger charge is 2.08. The second kappa shape index (κ2) is 8.68. The van der Waals surface area contributed by atoms with Gasteiger partial charge in [0.15, 0.2) is 0 Å². The fourth-order valence-corrected chi connectivity index (χ4v) is 2.22. The van der Waals surface area contributed by atoms with Crippen LogP contribution in [0.4, 0.5) is 5.69 Å². The molecule has 2 aromatic rings. The Labute approximate surface area is 136 Å². The molecule has 0 aliphatic heterocycles. The quantitative estimate of drug-likeness (QED) is 0.824. The number of anilines is 1. The predicted octanol–water partition coefficient (Wildman–Crippen LogP) is 2.33. The molecule has 0 aliphatic rings. The number of nitrogens with one attached hydrogen (secondary N) is 2. The number of carbonyl (C=O) groups excluding carboxylic acids is 2. The van der Waals surface area contributed by atoms with Crippen LogP contribution < -0.4 is 10.6 Å². The molecule has 0 spiro atoms. The molecule has 2 N–H and O–H groups in total. The van der Waals surface area contributed by atoms with Crippen molar-refractivity contribution in [3.8, 4) is 0 Å². The third-order valence-corrected chi connectivity index (χ3v) is 3.48. The van der Waals surface area contributed by atoms with Crippen LogP contribution in [0, 0.1) is 0 Å². The van der Waals surface area contributed by atoms with E-state index in [9.17, 15) is 9.59 Å². The molecule has 0 saturated heterocycles. The molecule has 0 radical (unpaired) electrons. The lowest BCUT2D eigenvalue weighted by Gasteiger charge is -2.10. The van der Waals surface area contributed by atoms with Crippen molar-refractivity contribution in [3.63, 3.8) is 0 Å². The number of aryl methyl sites for hydroxylation is 2. The summed E-state index contributed by atoms with van der Waals surface area (Å²) in [7, 11) is 0. The molecular weight excluding hydrogens is 290 g/mol. The molecule has 0 unspecified atom stereocenters.